The fourth-order valence-electron chi connectivity index (χ4n) is 4.04. The van der Waals surface area contributed by atoms with Crippen molar-refractivity contribution in [3.05, 3.63) is 47.9 Å². The lowest BCUT2D eigenvalue weighted by molar-refractivity contribution is -0.914. The van der Waals surface area contributed by atoms with Gasteiger partial charge in [-0.1, -0.05) is 0 Å². The van der Waals surface area contributed by atoms with E-state index in [9.17, 15) is 23.9 Å². The van der Waals surface area contributed by atoms with Crippen LogP contribution in [0, 0.1) is 0 Å². The normalized spacial score (nSPS) is 19.2. The number of hydrogen-bond acceptors (Lipinski definition) is 5. The molecule has 170 valence electrons. The molecule has 0 bridgehead atoms. The molecule has 1 aromatic carbocycles. The molecule has 0 spiro atoms. The molecule has 0 atom stereocenters. The SMILES string of the molecule is COc1cc2nn(C3CCC(O)CC3)cc2cc1NC(=O)c1cccc(C(C)(F)F)[n+]1O. The van der Waals surface area contributed by atoms with Gasteiger partial charge in [0.1, 0.15) is 5.75 Å². The van der Waals surface area contributed by atoms with Gasteiger partial charge in [0.25, 0.3) is 0 Å². The summed E-state index contributed by atoms with van der Waals surface area (Å²) in [6.07, 6.45) is 4.70. The standard InChI is InChI=1S/C22H24F2N4O4/c1-22(23,24)20-5-3-4-18(28(20)31)21(30)25-17-10-13-12-27(14-6-8-15(29)9-7-14)26-16(13)11-19(17)32-2/h3-5,10-12,14-15,29H,6-9H2,1-2H3,(H-,25,30,31)/p+1. The molecule has 1 amide bonds. The number of aromatic nitrogens is 3. The van der Waals surface area contributed by atoms with Crippen LogP contribution in [0.25, 0.3) is 10.9 Å². The Hall–Kier alpha value is -3.27. The summed E-state index contributed by atoms with van der Waals surface area (Å²) in [5, 5.41) is 27.9. The first kappa shape index (κ1) is 21.9. The number of rotatable bonds is 5. The fraction of sp³-hybridized carbons (Fsp3) is 0.409. The maximum atomic E-state index is 13.7. The molecule has 1 aliphatic rings. The number of benzene rings is 1. The van der Waals surface area contributed by atoms with Crippen LogP contribution in [0.2, 0.25) is 0 Å². The molecule has 2 aromatic heterocycles. The molecule has 0 aliphatic heterocycles. The van der Waals surface area contributed by atoms with Crippen molar-refractivity contribution in [3.8, 4) is 5.75 Å². The lowest BCUT2D eigenvalue weighted by Crippen LogP contribution is -2.46. The monoisotopic (exact) mass is 447 g/mol. The number of halogens is 2. The molecule has 32 heavy (non-hydrogen) atoms. The highest BCUT2D eigenvalue weighted by atomic mass is 19.3. The van der Waals surface area contributed by atoms with E-state index in [-0.39, 0.29) is 22.6 Å². The molecule has 0 saturated heterocycles. The number of pyridine rings is 1. The second-order valence-electron chi connectivity index (χ2n) is 8.13. The second-order valence-corrected chi connectivity index (χ2v) is 8.13. The van der Waals surface area contributed by atoms with Crippen molar-refractivity contribution in [2.45, 2.75) is 50.7 Å². The van der Waals surface area contributed by atoms with Crippen LogP contribution in [0.1, 0.15) is 54.8 Å². The molecule has 0 radical (unpaired) electrons. The van der Waals surface area contributed by atoms with Crippen LogP contribution in [-0.2, 0) is 5.92 Å². The number of aliphatic hydroxyl groups is 1. The zero-order valence-electron chi connectivity index (χ0n) is 17.8. The highest BCUT2D eigenvalue weighted by molar-refractivity contribution is 6.04. The van der Waals surface area contributed by atoms with E-state index in [2.05, 4.69) is 10.4 Å². The molecule has 1 aliphatic carbocycles. The molecule has 0 unspecified atom stereocenters. The van der Waals surface area contributed by atoms with Gasteiger partial charge < -0.3 is 15.2 Å². The van der Waals surface area contributed by atoms with Crippen LogP contribution in [0.3, 0.4) is 0 Å². The number of anilines is 1. The Bertz CT molecular complexity index is 1150. The van der Waals surface area contributed by atoms with Crippen LogP contribution in [-0.4, -0.2) is 39.2 Å². The number of nitrogens with one attached hydrogen (secondary N) is 1. The lowest BCUT2D eigenvalue weighted by atomic mass is 9.93. The highest BCUT2D eigenvalue weighted by Crippen LogP contribution is 2.33. The predicted molar refractivity (Wildman–Crippen MR) is 111 cm³/mol. The number of carbonyl (C=O) groups excluding carboxylic acids is 1. The summed E-state index contributed by atoms with van der Waals surface area (Å²) in [4.78, 5) is 12.8. The number of nitrogens with zero attached hydrogens (tertiary/aromatic N) is 3. The van der Waals surface area contributed by atoms with Gasteiger partial charge in [0.05, 0.1) is 30.5 Å². The number of fused-ring (bicyclic) bond motifs is 1. The molecule has 3 aromatic rings. The van der Waals surface area contributed by atoms with Crippen molar-refractivity contribution in [3.63, 3.8) is 0 Å². The van der Waals surface area contributed by atoms with Gasteiger partial charge in [-0.15, -0.1) is 0 Å². The van der Waals surface area contributed by atoms with Crippen LogP contribution >= 0.6 is 0 Å². The van der Waals surface area contributed by atoms with Crippen molar-refractivity contribution in [2.24, 2.45) is 0 Å². The zero-order valence-corrected chi connectivity index (χ0v) is 17.8. The fourth-order valence-corrected chi connectivity index (χ4v) is 4.04. The average Bonchev–Trinajstić information content (AvgIpc) is 3.15. The van der Waals surface area contributed by atoms with Crippen molar-refractivity contribution >= 4 is 22.5 Å². The zero-order chi connectivity index (χ0) is 23.0. The molecule has 2 heterocycles. The number of ether oxygens (including phenoxy) is 1. The Balaban J connectivity index is 1.63. The summed E-state index contributed by atoms with van der Waals surface area (Å²) < 4.78 is 34.8. The van der Waals surface area contributed by atoms with Gasteiger partial charge in [-0.05, 0) is 37.8 Å². The van der Waals surface area contributed by atoms with Crippen LogP contribution in [0.15, 0.2) is 36.5 Å². The Morgan fingerprint density at radius 2 is 2.00 bits per heavy atom. The minimum Gasteiger partial charge on any atom is -0.494 e. The van der Waals surface area contributed by atoms with E-state index < -0.39 is 17.5 Å². The first-order valence-electron chi connectivity index (χ1n) is 10.4. The molecule has 4 rings (SSSR count). The van der Waals surface area contributed by atoms with Gasteiger partial charge in [-0.25, -0.2) is 0 Å². The van der Waals surface area contributed by atoms with E-state index >= 15 is 0 Å². The third-order valence-corrected chi connectivity index (χ3v) is 5.78. The highest BCUT2D eigenvalue weighted by Gasteiger charge is 2.38. The van der Waals surface area contributed by atoms with E-state index in [0.29, 0.717) is 23.9 Å². The van der Waals surface area contributed by atoms with Crippen molar-refractivity contribution in [1.82, 2.24) is 9.78 Å². The van der Waals surface area contributed by atoms with Crippen molar-refractivity contribution in [1.29, 1.82) is 0 Å². The van der Waals surface area contributed by atoms with E-state index in [4.69, 9.17) is 4.74 Å². The van der Waals surface area contributed by atoms with Gasteiger partial charge >= 0.3 is 23.2 Å². The number of methoxy groups -OCH3 is 1. The number of hydrogen-bond donors (Lipinski definition) is 3. The molecule has 1 saturated carbocycles. The summed E-state index contributed by atoms with van der Waals surface area (Å²) in [5.41, 5.74) is -0.0535. The number of aliphatic hydroxyl groups excluding tert-OH is 1. The van der Waals surface area contributed by atoms with E-state index in [0.717, 1.165) is 37.1 Å². The van der Waals surface area contributed by atoms with Gasteiger partial charge in [0, 0.05) is 41.4 Å². The maximum Gasteiger partial charge on any atom is 0.332 e. The third kappa shape index (κ3) is 4.22. The quantitative estimate of drug-likeness (QED) is 0.411. The summed E-state index contributed by atoms with van der Waals surface area (Å²) in [6, 6.07) is 7.12. The number of amides is 1. The van der Waals surface area contributed by atoms with Crippen LogP contribution in [0.4, 0.5) is 14.5 Å². The molecule has 8 nitrogen and oxygen atoms in total. The van der Waals surface area contributed by atoms with Crippen molar-refractivity contribution < 1.29 is 33.4 Å². The molecule has 10 heteroatoms. The molecule has 1 fully saturated rings. The van der Waals surface area contributed by atoms with E-state index in [1.807, 2.05) is 10.9 Å². The summed E-state index contributed by atoms with van der Waals surface area (Å²) in [5.74, 6) is -3.76. The smallest absolute Gasteiger partial charge is 0.332 e. The predicted octanol–water partition coefficient (Wildman–Crippen LogP) is 3.41. The Kier molecular flexibility index (Phi) is 5.72. The van der Waals surface area contributed by atoms with E-state index in [1.54, 1.807) is 12.1 Å². The number of carbonyl (C=O) groups is 1. The summed E-state index contributed by atoms with van der Waals surface area (Å²) in [7, 11) is 1.45. The largest absolute Gasteiger partial charge is 0.494 e. The van der Waals surface area contributed by atoms with E-state index in [1.165, 1.54) is 19.2 Å². The topological polar surface area (TPSA) is 100 Å². The second kappa shape index (κ2) is 8.34. The van der Waals surface area contributed by atoms with Gasteiger partial charge in [-0.3, -0.25) is 14.7 Å². The Labute approximate surface area is 183 Å². The Morgan fingerprint density at radius 3 is 2.66 bits per heavy atom. The third-order valence-electron chi connectivity index (χ3n) is 5.78. The summed E-state index contributed by atoms with van der Waals surface area (Å²) >= 11 is 0. The average molecular weight is 447 g/mol. The number of alkyl halides is 2. The van der Waals surface area contributed by atoms with Gasteiger partial charge in [-0.2, -0.15) is 13.9 Å². The van der Waals surface area contributed by atoms with Gasteiger partial charge in [0.2, 0.25) is 0 Å². The minimum atomic E-state index is -3.33. The molecular weight excluding hydrogens is 422 g/mol. The van der Waals surface area contributed by atoms with Gasteiger partial charge in [0.15, 0.2) is 0 Å². The minimum absolute atomic E-state index is 0.182. The lowest BCUT2D eigenvalue weighted by Gasteiger charge is -2.25. The van der Waals surface area contributed by atoms with Crippen molar-refractivity contribution in [2.75, 3.05) is 12.4 Å². The van der Waals surface area contributed by atoms with Crippen LogP contribution < -0.4 is 14.8 Å². The first-order chi connectivity index (χ1) is 15.2. The molecule has 3 N–H and O–H groups in total. The maximum absolute atomic E-state index is 13.7. The first-order valence-corrected chi connectivity index (χ1v) is 10.4. The summed E-state index contributed by atoms with van der Waals surface area (Å²) in [6.45, 7) is 0.637. The van der Waals surface area contributed by atoms with Crippen LogP contribution in [0.5, 0.6) is 5.75 Å². The Morgan fingerprint density at radius 1 is 1.28 bits per heavy atom. The molecular formula is C22H25F2N4O4+.